The van der Waals surface area contributed by atoms with Gasteiger partial charge in [0.25, 0.3) is 5.91 Å². The van der Waals surface area contributed by atoms with Crippen LogP contribution in [0, 0.1) is 0 Å². The first-order valence-corrected chi connectivity index (χ1v) is 22.8. The average Bonchev–Trinajstić information content (AvgIpc) is 1.08. The third-order valence-electron chi connectivity index (χ3n) is 10.6. The average molecular weight is 1110 g/mol. The van der Waals surface area contributed by atoms with Crippen LogP contribution in [0.4, 0.5) is 17.5 Å². The maximum absolute atomic E-state index is 13.4. The predicted molar refractivity (Wildman–Crippen MR) is 262 cm³/mol. The van der Waals surface area contributed by atoms with Crippen LogP contribution in [0.1, 0.15) is 103 Å². The number of fused-ring (bicyclic) bond motifs is 1. The van der Waals surface area contributed by atoms with Crippen molar-refractivity contribution < 1.29 is 108 Å². The van der Waals surface area contributed by atoms with Crippen molar-refractivity contribution in [3.05, 3.63) is 41.6 Å². The smallest absolute Gasteiger partial charge is 0.326 e. The van der Waals surface area contributed by atoms with E-state index in [0.29, 0.717) is 4.90 Å². The molecule has 33 nitrogen and oxygen atoms in total. The lowest BCUT2D eigenvalue weighted by molar-refractivity contribution is -0.144. The molecular formula is C45H57N13O20. The van der Waals surface area contributed by atoms with Gasteiger partial charge < -0.3 is 84.0 Å². The summed E-state index contributed by atoms with van der Waals surface area (Å²) in [7, 11) is 0. The van der Waals surface area contributed by atoms with Crippen LogP contribution >= 0.6 is 0 Å². The van der Waals surface area contributed by atoms with Crippen LogP contribution in [0.2, 0.25) is 0 Å². The molecule has 0 bridgehead atoms. The first kappa shape index (κ1) is 51.6. The molecule has 0 spiro atoms. The number of anilines is 3. The summed E-state index contributed by atoms with van der Waals surface area (Å²) in [4.78, 5) is 175. The molecule has 0 radical (unpaired) electrons. The summed E-state index contributed by atoms with van der Waals surface area (Å²) < 4.78 is 58.6. The molecule has 0 aliphatic rings. The highest BCUT2D eigenvalue weighted by atomic mass is 16.4. The van der Waals surface area contributed by atoms with Gasteiger partial charge in [-0.3, -0.25) is 33.6 Å². The lowest BCUT2D eigenvalue weighted by Crippen LogP contribution is -2.46. The zero-order valence-electron chi connectivity index (χ0n) is 47.6. The maximum Gasteiger partial charge on any atom is 0.326 e. The molecular weight excluding hydrogens is 1040 g/mol. The summed E-state index contributed by atoms with van der Waals surface area (Å²) in [6.45, 7) is -3.93. The number of hydrogen-bond acceptors (Lipinski definition) is 20. The number of carboxylic acids is 7. The number of carbonyl (C=O) groups is 13. The summed E-state index contributed by atoms with van der Waals surface area (Å²) in [5.74, 6) is -18.9. The number of carboxylic acid groups (broad SMARTS) is 7. The molecule has 3 rings (SSSR count). The lowest BCUT2D eigenvalue weighted by atomic mass is 10.1. The molecule has 0 aliphatic carbocycles. The molecule has 0 fully saturated rings. The molecule has 33 heteroatoms. The van der Waals surface area contributed by atoms with Crippen molar-refractivity contribution in [1.29, 1.82) is 0 Å². The summed E-state index contributed by atoms with van der Waals surface area (Å²) >= 11 is 0. The largest absolute Gasteiger partial charge is 0.481 e. The molecule has 0 aliphatic heterocycles. The number of rotatable bonds is 34. The Labute approximate surface area is 449 Å². The molecule has 6 atom stereocenters. The van der Waals surface area contributed by atoms with Crippen molar-refractivity contribution in [3.8, 4) is 0 Å². The van der Waals surface area contributed by atoms with Gasteiger partial charge >= 0.3 is 41.8 Å². The van der Waals surface area contributed by atoms with Crippen molar-refractivity contribution >= 4 is 106 Å². The van der Waals surface area contributed by atoms with Crippen molar-refractivity contribution in [2.24, 2.45) is 0 Å². The first-order chi connectivity index (χ1) is 39.5. The predicted octanol–water partition coefficient (Wildman–Crippen LogP) is -2.98. The standard InChI is InChI=1S/C45H57N13O20/c1-58(19-21-18-48-37-35(49-21)36(46)56-45(47)57-37)22-4-2-20(3-5-22)38(66)55-28(44(77)78)10-16-33(63)53-26(42(73)74)8-14-31(61)51-24(40(69)70)6-12-29(59)50-23(39(67)68)7-13-30(60)52-25(41(71)72)9-15-32(62)54-27(43(75)76)11-17-34(64)65/h2-5,18,23-28H,6-17,19H2,1H3,(H,50,59)(H,51,61)(H,52,60)(H,53,63)(H,54,62)(H,55,66)(H,64,65)(H,67,68)(H,69,70)(H,71,72)(H,73,74)(H,75,76)(H,77,78)(H4,46,47,48,56,57)/t23-,24-,25-,26-,27-,28-/m0/s1/i1D3,2D,3D,4D,5D. The Kier molecular flexibility index (Phi) is 19.8. The van der Waals surface area contributed by atoms with Gasteiger partial charge in [-0.1, -0.05) is 0 Å². The Morgan fingerprint density at radius 2 is 0.859 bits per heavy atom. The normalized spacial score (nSPS) is 14.6. The number of aromatic nitrogens is 4. The van der Waals surface area contributed by atoms with Gasteiger partial charge in [0, 0.05) is 60.9 Å². The van der Waals surface area contributed by atoms with Crippen LogP contribution in [-0.4, -0.2) is 176 Å². The molecule has 0 unspecified atom stereocenters. The third-order valence-corrected chi connectivity index (χ3v) is 10.6. The third kappa shape index (κ3) is 21.2. The summed E-state index contributed by atoms with van der Waals surface area (Å²) in [6.07, 6.45) is -7.25. The monoisotopic (exact) mass is 1110 g/mol. The van der Waals surface area contributed by atoms with Gasteiger partial charge in [0.15, 0.2) is 17.0 Å². The second-order valence-corrected chi connectivity index (χ2v) is 16.6. The van der Waals surface area contributed by atoms with E-state index >= 15 is 0 Å². The molecule has 17 N–H and O–H groups in total. The number of nitrogens with one attached hydrogen (secondary N) is 6. The summed E-state index contributed by atoms with van der Waals surface area (Å²) in [5.41, 5.74) is 9.27. The van der Waals surface area contributed by atoms with E-state index in [4.69, 9.17) is 26.2 Å². The molecule has 0 saturated heterocycles. The minimum atomic E-state index is -3.19. The number of benzene rings is 1. The van der Waals surface area contributed by atoms with Gasteiger partial charge in [-0.2, -0.15) is 9.97 Å². The Balaban J connectivity index is 1.56. The van der Waals surface area contributed by atoms with Gasteiger partial charge in [-0.15, -0.1) is 0 Å². The number of nitrogens with zero attached hydrogens (tertiary/aromatic N) is 5. The number of hydrogen-bond donors (Lipinski definition) is 15. The molecule has 2 aromatic heterocycles. The highest BCUT2D eigenvalue weighted by molar-refractivity contribution is 5.97. The van der Waals surface area contributed by atoms with Gasteiger partial charge in [0.05, 0.1) is 23.9 Å². The van der Waals surface area contributed by atoms with Gasteiger partial charge in [-0.25, -0.2) is 38.7 Å². The fourth-order valence-electron chi connectivity index (χ4n) is 6.61. The molecule has 6 amide bonds. The Hall–Kier alpha value is -9.85. The lowest BCUT2D eigenvalue weighted by Gasteiger charge is -2.20. The topological polar surface area (TPSA) is 543 Å². The van der Waals surface area contributed by atoms with E-state index < -0.39 is 239 Å². The van der Waals surface area contributed by atoms with E-state index in [1.54, 1.807) is 0 Å². The highest BCUT2D eigenvalue weighted by Crippen LogP contribution is 2.19. The van der Waals surface area contributed by atoms with E-state index in [1.165, 1.54) is 0 Å². The number of nitrogens with two attached hydrogens (primary N) is 2. The van der Waals surface area contributed by atoms with Crippen LogP contribution in [0.25, 0.3) is 11.2 Å². The van der Waals surface area contributed by atoms with Crippen molar-refractivity contribution in [3.63, 3.8) is 0 Å². The maximum atomic E-state index is 13.4. The zero-order chi connectivity index (χ0) is 64.4. The van der Waals surface area contributed by atoms with Gasteiger partial charge in [0.2, 0.25) is 35.5 Å². The first-order valence-electron chi connectivity index (χ1n) is 26.3. The quantitative estimate of drug-likeness (QED) is 0.0284. The summed E-state index contributed by atoms with van der Waals surface area (Å²) in [5, 5.41) is 78.5. The van der Waals surface area contributed by atoms with Crippen LogP contribution in [0.3, 0.4) is 0 Å². The molecule has 0 saturated carbocycles. The van der Waals surface area contributed by atoms with E-state index in [1.807, 2.05) is 31.9 Å². The number of carbonyl (C=O) groups excluding carboxylic acids is 6. The number of amides is 6. The van der Waals surface area contributed by atoms with E-state index in [0.717, 1.165) is 6.20 Å². The number of aliphatic carboxylic acids is 7. The van der Waals surface area contributed by atoms with Crippen LogP contribution in [0.5, 0.6) is 0 Å². The van der Waals surface area contributed by atoms with E-state index in [-0.39, 0.29) is 28.6 Å². The fourth-order valence-corrected chi connectivity index (χ4v) is 6.61. The molecule has 2 heterocycles. The summed E-state index contributed by atoms with van der Waals surface area (Å²) in [6, 6.07) is -15.3. The van der Waals surface area contributed by atoms with Crippen LogP contribution in [0.15, 0.2) is 30.4 Å². The van der Waals surface area contributed by atoms with Crippen molar-refractivity contribution in [2.45, 2.75) is 120 Å². The fraction of sp³-hybridized carbons (Fsp3) is 0.444. The van der Waals surface area contributed by atoms with Crippen molar-refractivity contribution in [1.82, 2.24) is 51.8 Å². The number of nitrogen functional groups attached to an aromatic ring is 2. The van der Waals surface area contributed by atoms with E-state index in [2.05, 4.69) is 19.9 Å². The highest BCUT2D eigenvalue weighted by Gasteiger charge is 2.29. The van der Waals surface area contributed by atoms with Gasteiger partial charge in [0.1, 0.15) is 36.3 Å². The molecule has 422 valence electrons. The van der Waals surface area contributed by atoms with Gasteiger partial charge in [-0.05, 0) is 62.7 Å². The van der Waals surface area contributed by atoms with Crippen LogP contribution in [-0.2, 0) is 64.1 Å². The minimum absolute atomic E-state index is 0.0596. The molecule has 3 aromatic rings. The minimum Gasteiger partial charge on any atom is -0.481 e. The Bertz CT molecular complexity index is 3090. The zero-order valence-corrected chi connectivity index (χ0v) is 40.6. The second-order valence-electron chi connectivity index (χ2n) is 16.6. The molecule has 1 aromatic carbocycles. The Morgan fingerprint density at radius 1 is 0.513 bits per heavy atom. The van der Waals surface area contributed by atoms with Crippen molar-refractivity contribution in [2.75, 3.05) is 23.3 Å². The molecule has 78 heavy (non-hydrogen) atoms. The second kappa shape index (κ2) is 29.9. The van der Waals surface area contributed by atoms with Crippen LogP contribution < -0.4 is 48.3 Å². The SMILES string of the molecule is [2H]c1c([2H])c(N(Cc2cnc3nc(N)nc(N)c3n2)C([2H])([2H])[2H])c([2H])c([2H])c1C(=O)N[C@@H](CCC(=O)N[C@@H](CCC(=O)N[C@@H](CCC(=O)N[C@@H](CCC(=O)N[C@@H](CCC(=O)N[C@@H](CCC(=O)O)C(=O)O)C(=O)O)C(=O)O)C(=O)O)C(=O)O)C(=O)O. The Morgan fingerprint density at radius 3 is 1.19 bits per heavy atom. The van der Waals surface area contributed by atoms with E-state index in [9.17, 15) is 93.0 Å².